The molecule has 0 heterocycles. The van der Waals surface area contributed by atoms with E-state index in [1.54, 1.807) is 32.9 Å². The van der Waals surface area contributed by atoms with Crippen molar-refractivity contribution in [3.63, 3.8) is 0 Å². The maximum absolute atomic E-state index is 14.0. The highest BCUT2D eigenvalue weighted by molar-refractivity contribution is 6.30. The van der Waals surface area contributed by atoms with Crippen LogP contribution in [0.15, 0.2) is 18.2 Å². The summed E-state index contributed by atoms with van der Waals surface area (Å²) in [5.74, 6) is 0. The van der Waals surface area contributed by atoms with Gasteiger partial charge in [0.2, 0.25) is 0 Å². The molecule has 0 saturated heterocycles. The summed E-state index contributed by atoms with van der Waals surface area (Å²) in [6.45, 7) is 5.46. The molecule has 0 fully saturated rings. The van der Waals surface area contributed by atoms with E-state index in [0.717, 1.165) is 0 Å². The van der Waals surface area contributed by atoms with Gasteiger partial charge in [0.25, 0.3) is 0 Å². The number of hydrogen-bond acceptors (Lipinski definition) is 3. The Kier molecular flexibility index (Phi) is 5.77. The van der Waals surface area contributed by atoms with Crippen molar-refractivity contribution in [2.75, 3.05) is 11.9 Å². The molecule has 0 aliphatic heterocycles. The first-order valence-corrected chi connectivity index (χ1v) is 6.74. The average Bonchev–Trinajstić information content (AvgIpc) is 2.29. The van der Waals surface area contributed by atoms with E-state index in [4.69, 9.17) is 22.1 Å². The van der Waals surface area contributed by atoms with Crippen molar-refractivity contribution in [2.24, 2.45) is 5.73 Å². The van der Waals surface area contributed by atoms with Crippen molar-refractivity contribution in [1.82, 2.24) is 0 Å². The Bertz CT molecular complexity index is 475. The van der Waals surface area contributed by atoms with Crippen molar-refractivity contribution < 1.29 is 13.9 Å². The highest BCUT2D eigenvalue weighted by Crippen LogP contribution is 2.31. The second kappa shape index (κ2) is 6.90. The van der Waals surface area contributed by atoms with Crippen LogP contribution in [0.2, 0.25) is 5.02 Å². The quantitative estimate of drug-likeness (QED) is 0.882. The van der Waals surface area contributed by atoms with Gasteiger partial charge in [0.1, 0.15) is 11.8 Å². The maximum Gasteiger partial charge on any atom is 0.412 e. The summed E-state index contributed by atoms with van der Waals surface area (Å²) in [6.07, 6.45) is -1.77. The Morgan fingerprint density at radius 1 is 1.50 bits per heavy atom. The number of benzene rings is 1. The van der Waals surface area contributed by atoms with Crippen molar-refractivity contribution in [3.05, 3.63) is 28.8 Å². The topological polar surface area (TPSA) is 64.3 Å². The molecule has 3 N–H and O–H groups in total. The molecule has 0 aliphatic rings. The molecule has 112 valence electrons. The summed E-state index contributed by atoms with van der Waals surface area (Å²) in [7, 11) is 0. The van der Waals surface area contributed by atoms with Crippen molar-refractivity contribution in [2.45, 2.75) is 39.0 Å². The molecule has 0 bridgehead atoms. The zero-order valence-corrected chi connectivity index (χ0v) is 12.6. The molecule has 4 nitrogen and oxygen atoms in total. The third-order valence-electron chi connectivity index (χ3n) is 2.41. The maximum atomic E-state index is 14.0. The minimum absolute atomic E-state index is 0.156. The monoisotopic (exact) mass is 302 g/mol. The van der Waals surface area contributed by atoms with E-state index in [1.807, 2.05) is 0 Å². The number of alkyl halides is 1. The van der Waals surface area contributed by atoms with E-state index in [0.29, 0.717) is 16.3 Å². The molecule has 6 heteroatoms. The molecule has 0 saturated carbocycles. The molecule has 0 aromatic heterocycles. The van der Waals surface area contributed by atoms with E-state index in [9.17, 15) is 9.18 Å². The summed E-state index contributed by atoms with van der Waals surface area (Å²) in [6, 6.07) is 4.60. The van der Waals surface area contributed by atoms with Gasteiger partial charge < -0.3 is 10.5 Å². The number of nitrogens with one attached hydrogen (secondary N) is 1. The van der Waals surface area contributed by atoms with Gasteiger partial charge in [-0.1, -0.05) is 11.6 Å². The van der Waals surface area contributed by atoms with Crippen LogP contribution in [0.5, 0.6) is 0 Å². The normalized spacial score (nSPS) is 12.9. The molecule has 1 aromatic carbocycles. The van der Waals surface area contributed by atoms with E-state index in [1.165, 1.54) is 6.07 Å². The lowest BCUT2D eigenvalue weighted by molar-refractivity contribution is 0.0635. The summed E-state index contributed by atoms with van der Waals surface area (Å²) in [5, 5.41) is 2.93. The number of carbonyl (C=O) groups excluding carboxylic acids is 1. The molecule has 1 unspecified atom stereocenters. The van der Waals surface area contributed by atoms with Crippen LogP contribution in [-0.4, -0.2) is 18.2 Å². The van der Waals surface area contributed by atoms with Gasteiger partial charge in [-0.05, 0) is 51.9 Å². The summed E-state index contributed by atoms with van der Waals surface area (Å²) in [4.78, 5) is 11.7. The molecule has 1 aromatic rings. The summed E-state index contributed by atoms with van der Waals surface area (Å²) < 4.78 is 19.2. The van der Waals surface area contributed by atoms with E-state index in [2.05, 4.69) is 5.32 Å². The van der Waals surface area contributed by atoms with E-state index < -0.39 is 17.9 Å². The number of nitrogens with two attached hydrogens (primary N) is 1. The standard InChI is InChI=1S/C14H20ClFN2O2/c1-14(2,3)20-13(19)18-12-5-4-9(15)8-10(12)11(16)6-7-17/h4-5,8,11H,6-7,17H2,1-3H3,(H,18,19). The van der Waals surface area contributed by atoms with E-state index >= 15 is 0 Å². The molecule has 1 amide bonds. The van der Waals surface area contributed by atoms with Gasteiger partial charge in [0.15, 0.2) is 0 Å². The molecule has 0 spiro atoms. The zero-order chi connectivity index (χ0) is 15.3. The highest BCUT2D eigenvalue weighted by atomic mass is 35.5. The van der Waals surface area contributed by atoms with Gasteiger partial charge in [-0.3, -0.25) is 5.32 Å². The van der Waals surface area contributed by atoms with Crippen molar-refractivity contribution in [1.29, 1.82) is 0 Å². The molecule has 1 atom stereocenters. The second-order valence-electron chi connectivity index (χ2n) is 5.40. The van der Waals surface area contributed by atoms with Gasteiger partial charge in [-0.25, -0.2) is 9.18 Å². The fourth-order valence-electron chi connectivity index (χ4n) is 1.62. The molecule has 20 heavy (non-hydrogen) atoms. The van der Waals surface area contributed by atoms with Crippen molar-refractivity contribution >= 4 is 23.4 Å². The lowest BCUT2D eigenvalue weighted by Crippen LogP contribution is -2.27. The highest BCUT2D eigenvalue weighted by Gasteiger charge is 2.20. The SMILES string of the molecule is CC(C)(C)OC(=O)Nc1ccc(Cl)cc1C(F)CCN. The van der Waals surface area contributed by atoms with Gasteiger partial charge in [0, 0.05) is 10.6 Å². The van der Waals surface area contributed by atoms with Crippen molar-refractivity contribution in [3.8, 4) is 0 Å². The van der Waals surface area contributed by atoms with Crippen LogP contribution < -0.4 is 11.1 Å². The van der Waals surface area contributed by atoms with Crippen LogP contribution in [0.1, 0.15) is 38.9 Å². The number of carbonyl (C=O) groups is 1. The minimum Gasteiger partial charge on any atom is -0.444 e. The number of rotatable bonds is 4. The lowest BCUT2D eigenvalue weighted by Gasteiger charge is -2.21. The van der Waals surface area contributed by atoms with Crippen LogP contribution in [-0.2, 0) is 4.74 Å². The Hall–Kier alpha value is -1.33. The number of hydrogen-bond donors (Lipinski definition) is 2. The van der Waals surface area contributed by atoms with E-state index in [-0.39, 0.29) is 13.0 Å². The third-order valence-corrected chi connectivity index (χ3v) is 2.64. The predicted octanol–water partition coefficient (Wildman–Crippen LogP) is 4.05. The van der Waals surface area contributed by atoms with Crippen LogP contribution in [0.25, 0.3) is 0 Å². The Balaban J connectivity index is 2.91. The van der Waals surface area contributed by atoms with Gasteiger partial charge >= 0.3 is 6.09 Å². The first-order chi connectivity index (χ1) is 9.23. The zero-order valence-electron chi connectivity index (χ0n) is 11.9. The summed E-state index contributed by atoms with van der Waals surface area (Å²) in [5.41, 5.74) is 5.37. The first-order valence-electron chi connectivity index (χ1n) is 6.36. The van der Waals surface area contributed by atoms with Crippen LogP contribution >= 0.6 is 11.6 Å². The Morgan fingerprint density at radius 2 is 2.15 bits per heavy atom. The fourth-order valence-corrected chi connectivity index (χ4v) is 1.80. The van der Waals surface area contributed by atoms with Gasteiger partial charge in [0.05, 0.1) is 5.69 Å². The van der Waals surface area contributed by atoms with Crippen LogP contribution in [0, 0.1) is 0 Å². The summed E-state index contributed by atoms with van der Waals surface area (Å²) >= 11 is 5.86. The van der Waals surface area contributed by atoms with Crippen LogP contribution in [0.3, 0.4) is 0 Å². The molecule has 0 radical (unpaired) electrons. The number of anilines is 1. The fraction of sp³-hybridized carbons (Fsp3) is 0.500. The molecular formula is C14H20ClFN2O2. The Morgan fingerprint density at radius 3 is 2.70 bits per heavy atom. The minimum atomic E-state index is -1.29. The average molecular weight is 303 g/mol. The largest absolute Gasteiger partial charge is 0.444 e. The Labute approximate surface area is 123 Å². The number of halogens is 2. The first kappa shape index (κ1) is 16.7. The third kappa shape index (κ3) is 5.35. The second-order valence-corrected chi connectivity index (χ2v) is 5.84. The lowest BCUT2D eigenvalue weighted by atomic mass is 10.1. The smallest absolute Gasteiger partial charge is 0.412 e. The van der Waals surface area contributed by atoms with Gasteiger partial charge in [-0.2, -0.15) is 0 Å². The predicted molar refractivity (Wildman–Crippen MR) is 78.8 cm³/mol. The molecule has 0 aliphatic carbocycles. The molecular weight excluding hydrogens is 283 g/mol. The van der Waals surface area contributed by atoms with Crippen LogP contribution in [0.4, 0.5) is 14.9 Å². The number of ether oxygens (including phenoxy) is 1. The molecule has 1 rings (SSSR count). The van der Waals surface area contributed by atoms with Gasteiger partial charge in [-0.15, -0.1) is 0 Å². The number of amides is 1.